The van der Waals surface area contributed by atoms with Crippen molar-refractivity contribution in [2.24, 2.45) is 0 Å². The first-order chi connectivity index (χ1) is 13.7. The number of hydrogen-bond acceptors (Lipinski definition) is 2. The van der Waals surface area contributed by atoms with Gasteiger partial charge in [0.2, 0.25) is 0 Å². The molecule has 0 N–H and O–H groups in total. The summed E-state index contributed by atoms with van der Waals surface area (Å²) in [4.78, 5) is 11.1. The van der Waals surface area contributed by atoms with E-state index in [4.69, 9.17) is 4.74 Å². The summed E-state index contributed by atoms with van der Waals surface area (Å²) in [6, 6.07) is 0. The molecule has 0 aromatic rings. The van der Waals surface area contributed by atoms with Gasteiger partial charge < -0.3 is 4.74 Å². The van der Waals surface area contributed by atoms with Gasteiger partial charge in [-0.3, -0.25) is 4.79 Å². The predicted octanol–water partition coefficient (Wildman–Crippen LogP) is 7.26. The fourth-order valence-electron chi connectivity index (χ4n) is 2.33. The summed E-state index contributed by atoms with van der Waals surface area (Å²) in [7, 11) is 0. The fourth-order valence-corrected chi connectivity index (χ4v) is 2.75. The first-order valence-corrected chi connectivity index (χ1v) is 11.3. The summed E-state index contributed by atoms with van der Waals surface area (Å²) < 4.78 is 6.03. The Morgan fingerprint density at radius 1 is 0.964 bits per heavy atom. The Hall–Kier alpha value is -1.71. The van der Waals surface area contributed by atoms with Gasteiger partial charge in [-0.1, -0.05) is 84.7 Å². The van der Waals surface area contributed by atoms with Crippen molar-refractivity contribution < 1.29 is 9.53 Å². The molecular weight excluding hydrogens is 412 g/mol. The van der Waals surface area contributed by atoms with Crippen molar-refractivity contribution in [3.8, 4) is 23.7 Å². The van der Waals surface area contributed by atoms with Crippen LogP contribution in [0.4, 0.5) is 0 Å². The number of carbonyl (C=O) groups excluding carboxylic acids is 1. The van der Waals surface area contributed by atoms with E-state index in [9.17, 15) is 4.79 Å². The first kappa shape index (κ1) is 26.3. The molecule has 0 atom stereocenters. The molecule has 0 fully saturated rings. The van der Waals surface area contributed by atoms with Crippen molar-refractivity contribution >= 4 is 21.9 Å². The van der Waals surface area contributed by atoms with Gasteiger partial charge in [-0.15, -0.1) is 0 Å². The van der Waals surface area contributed by atoms with Gasteiger partial charge in [-0.25, -0.2) is 0 Å². The largest absolute Gasteiger partial charge is 0.466 e. The molecule has 0 aliphatic rings. The van der Waals surface area contributed by atoms with Gasteiger partial charge in [0.25, 0.3) is 0 Å². The van der Waals surface area contributed by atoms with Gasteiger partial charge in [0.15, 0.2) is 0 Å². The van der Waals surface area contributed by atoms with Crippen molar-refractivity contribution in [1.82, 2.24) is 0 Å². The number of hydrogen-bond donors (Lipinski definition) is 0. The molecule has 2 nitrogen and oxygen atoms in total. The van der Waals surface area contributed by atoms with E-state index in [1.165, 1.54) is 43.0 Å². The number of ether oxygens (including phenoxy) is 1. The maximum atomic E-state index is 11.1. The molecule has 0 aliphatic carbocycles. The molecule has 0 radical (unpaired) electrons. The zero-order valence-electron chi connectivity index (χ0n) is 17.6. The van der Waals surface area contributed by atoms with E-state index in [-0.39, 0.29) is 5.97 Å². The molecule has 0 heterocycles. The lowest BCUT2D eigenvalue weighted by Gasteiger charge is -1.98. The average Bonchev–Trinajstić information content (AvgIpc) is 2.68. The monoisotopic (exact) mass is 446 g/mol. The summed E-state index contributed by atoms with van der Waals surface area (Å²) >= 11 is 3.59. The van der Waals surface area contributed by atoms with Gasteiger partial charge in [0.05, 0.1) is 13.0 Å². The molecule has 0 aromatic carbocycles. The number of rotatable bonds is 14. The number of halogens is 1. The van der Waals surface area contributed by atoms with Crippen LogP contribution in [-0.2, 0) is 9.53 Å². The van der Waals surface area contributed by atoms with Crippen LogP contribution in [0.1, 0.15) is 84.5 Å². The quantitative estimate of drug-likeness (QED) is 0.121. The van der Waals surface area contributed by atoms with Crippen molar-refractivity contribution in [3.63, 3.8) is 0 Å². The molecule has 0 saturated heterocycles. The molecule has 0 bridgehead atoms. The van der Waals surface area contributed by atoms with Crippen LogP contribution in [0.2, 0.25) is 0 Å². The Morgan fingerprint density at radius 2 is 1.71 bits per heavy atom. The summed E-state index contributed by atoms with van der Waals surface area (Å²) in [6.45, 7) is 4.41. The molecule has 0 unspecified atom stereocenters. The Bertz CT molecular complexity index is 606. The van der Waals surface area contributed by atoms with Crippen LogP contribution in [0.5, 0.6) is 0 Å². The molecule has 3 heteroatoms. The molecule has 0 rings (SSSR count). The van der Waals surface area contributed by atoms with E-state index in [0.717, 1.165) is 19.3 Å². The zero-order chi connectivity index (χ0) is 20.7. The molecule has 0 saturated carbocycles. The van der Waals surface area contributed by atoms with E-state index < -0.39 is 0 Å². The van der Waals surface area contributed by atoms with Crippen LogP contribution in [0.15, 0.2) is 34.9 Å². The Labute approximate surface area is 181 Å². The number of esters is 1. The highest BCUT2D eigenvalue weighted by Crippen LogP contribution is 2.13. The lowest BCUT2D eigenvalue weighted by molar-refractivity contribution is -0.142. The topological polar surface area (TPSA) is 26.3 Å². The molecular formula is C25H35BrO2. The van der Waals surface area contributed by atoms with Crippen molar-refractivity contribution in [1.29, 1.82) is 0 Å². The second-order valence-electron chi connectivity index (χ2n) is 6.40. The molecule has 0 spiro atoms. The fraction of sp³-hybridized carbons (Fsp3) is 0.560. The standard InChI is InChI=1S/C25H35BrO2/c1-3-5-18-21-24(26)22-19-16-14-12-10-8-6-7-9-11-13-15-17-20-23-25(27)28-4-2/h7,9,18,21-22H,3-6,8,10,12,14,16,19-20,23H2,1-2H3. The third kappa shape index (κ3) is 20.6. The van der Waals surface area contributed by atoms with E-state index in [1.807, 2.05) is 6.08 Å². The third-order valence-corrected chi connectivity index (χ3v) is 4.42. The molecule has 0 amide bonds. The van der Waals surface area contributed by atoms with E-state index >= 15 is 0 Å². The summed E-state index contributed by atoms with van der Waals surface area (Å²) in [6.07, 6.45) is 22.3. The van der Waals surface area contributed by atoms with Crippen LogP contribution < -0.4 is 0 Å². The van der Waals surface area contributed by atoms with E-state index in [0.29, 0.717) is 19.4 Å². The predicted molar refractivity (Wildman–Crippen MR) is 124 cm³/mol. The molecule has 0 aromatic heterocycles. The Morgan fingerprint density at radius 3 is 2.46 bits per heavy atom. The summed E-state index contributed by atoms with van der Waals surface area (Å²) in [5.74, 6) is 11.1. The Balaban J connectivity index is 3.57. The lowest BCUT2D eigenvalue weighted by Crippen LogP contribution is -2.02. The van der Waals surface area contributed by atoms with Gasteiger partial charge in [0.1, 0.15) is 0 Å². The van der Waals surface area contributed by atoms with Crippen molar-refractivity contribution in [2.75, 3.05) is 6.61 Å². The minimum atomic E-state index is -0.200. The van der Waals surface area contributed by atoms with Gasteiger partial charge >= 0.3 is 5.97 Å². The van der Waals surface area contributed by atoms with Crippen LogP contribution in [0.25, 0.3) is 0 Å². The van der Waals surface area contributed by atoms with Crippen LogP contribution in [-0.4, -0.2) is 12.6 Å². The minimum absolute atomic E-state index is 0.200. The van der Waals surface area contributed by atoms with Crippen molar-refractivity contribution in [3.05, 3.63) is 34.9 Å². The number of allylic oxidation sites excluding steroid dienone is 6. The Kier molecular flexibility index (Phi) is 20.3. The van der Waals surface area contributed by atoms with Gasteiger partial charge in [-0.2, -0.15) is 0 Å². The van der Waals surface area contributed by atoms with Crippen LogP contribution in [0, 0.1) is 23.7 Å². The second kappa shape index (κ2) is 21.6. The maximum Gasteiger partial charge on any atom is 0.306 e. The van der Waals surface area contributed by atoms with Crippen LogP contribution >= 0.6 is 15.9 Å². The van der Waals surface area contributed by atoms with E-state index in [2.05, 4.69) is 70.8 Å². The lowest BCUT2D eigenvalue weighted by atomic mass is 10.1. The SMILES string of the molecule is CCCC=CC(Br)=CCCCCCCCC=CC#CC#CCCC(=O)OCC. The highest BCUT2D eigenvalue weighted by Gasteiger charge is 1.97. The number of carbonyl (C=O) groups is 1. The van der Waals surface area contributed by atoms with Crippen molar-refractivity contribution in [2.45, 2.75) is 84.5 Å². The maximum absolute atomic E-state index is 11.1. The molecule has 154 valence electrons. The summed E-state index contributed by atoms with van der Waals surface area (Å²) in [5.41, 5.74) is 0. The third-order valence-electron chi connectivity index (χ3n) is 3.83. The molecule has 0 aliphatic heterocycles. The van der Waals surface area contributed by atoms with Gasteiger partial charge in [0, 0.05) is 10.9 Å². The summed E-state index contributed by atoms with van der Waals surface area (Å²) in [5, 5.41) is 0. The highest BCUT2D eigenvalue weighted by molar-refractivity contribution is 9.11. The second-order valence-corrected chi connectivity index (χ2v) is 7.32. The zero-order valence-corrected chi connectivity index (χ0v) is 19.2. The first-order valence-electron chi connectivity index (χ1n) is 10.5. The van der Waals surface area contributed by atoms with Gasteiger partial charge in [-0.05, 0) is 56.9 Å². The number of unbranched alkanes of at least 4 members (excludes halogenated alkanes) is 7. The minimum Gasteiger partial charge on any atom is -0.466 e. The smallest absolute Gasteiger partial charge is 0.306 e. The average molecular weight is 447 g/mol. The van der Waals surface area contributed by atoms with Crippen LogP contribution in [0.3, 0.4) is 0 Å². The molecule has 28 heavy (non-hydrogen) atoms. The highest BCUT2D eigenvalue weighted by atomic mass is 79.9. The normalized spacial score (nSPS) is 11.2. The van der Waals surface area contributed by atoms with E-state index in [1.54, 1.807) is 6.92 Å².